The van der Waals surface area contributed by atoms with Crippen molar-refractivity contribution in [2.45, 2.75) is 13.0 Å². The molecule has 1 aromatic carbocycles. The maximum atomic E-state index is 12.3. The number of amides is 1. The smallest absolute Gasteiger partial charge is 0.267 e. The molecule has 0 saturated carbocycles. The van der Waals surface area contributed by atoms with E-state index in [0.29, 0.717) is 33.0 Å². The van der Waals surface area contributed by atoms with Crippen molar-refractivity contribution in [1.29, 1.82) is 0 Å². The number of carbonyl (C=O) groups is 1. The van der Waals surface area contributed by atoms with E-state index in [-0.39, 0.29) is 5.91 Å². The number of rotatable bonds is 5. The number of anilines is 1. The Labute approximate surface area is 157 Å². The van der Waals surface area contributed by atoms with Crippen molar-refractivity contribution >= 4 is 56.9 Å². The van der Waals surface area contributed by atoms with Gasteiger partial charge in [0.2, 0.25) is 0 Å². The minimum atomic E-state index is -0.188. The van der Waals surface area contributed by atoms with E-state index in [9.17, 15) is 4.79 Å². The van der Waals surface area contributed by atoms with E-state index in [1.165, 1.54) is 22.7 Å². The van der Waals surface area contributed by atoms with Gasteiger partial charge in [-0.3, -0.25) is 10.1 Å². The highest BCUT2D eigenvalue weighted by Crippen LogP contribution is 2.27. The van der Waals surface area contributed by atoms with Gasteiger partial charge >= 0.3 is 0 Å². The van der Waals surface area contributed by atoms with E-state index < -0.39 is 0 Å². The summed E-state index contributed by atoms with van der Waals surface area (Å²) in [6, 6.07) is 7.21. The van der Waals surface area contributed by atoms with Gasteiger partial charge in [-0.05, 0) is 40.8 Å². The van der Waals surface area contributed by atoms with Crippen LogP contribution in [0.4, 0.5) is 5.13 Å². The molecule has 124 valence electrons. The number of thiazole rings is 1. The van der Waals surface area contributed by atoms with E-state index in [4.69, 9.17) is 28.9 Å². The van der Waals surface area contributed by atoms with Gasteiger partial charge in [-0.2, -0.15) is 0 Å². The third-order valence-electron chi connectivity index (χ3n) is 3.32. The minimum absolute atomic E-state index is 0.188. The van der Waals surface area contributed by atoms with Crippen molar-refractivity contribution in [2.75, 3.05) is 5.32 Å². The first-order valence-electron chi connectivity index (χ1n) is 7.03. The van der Waals surface area contributed by atoms with Gasteiger partial charge < -0.3 is 5.73 Å². The van der Waals surface area contributed by atoms with E-state index in [1.807, 2.05) is 17.5 Å². The number of carbonyl (C=O) groups excluding carboxylic acids is 1. The van der Waals surface area contributed by atoms with E-state index in [2.05, 4.69) is 10.3 Å². The zero-order chi connectivity index (χ0) is 17.1. The fourth-order valence-electron chi connectivity index (χ4n) is 2.16. The van der Waals surface area contributed by atoms with Gasteiger partial charge in [-0.1, -0.05) is 23.2 Å². The minimum Gasteiger partial charge on any atom is -0.326 e. The van der Waals surface area contributed by atoms with E-state index in [0.717, 1.165) is 16.0 Å². The largest absolute Gasteiger partial charge is 0.326 e. The third-order valence-corrected chi connectivity index (χ3v) is 5.79. The molecule has 3 N–H and O–H groups in total. The average molecular weight is 398 g/mol. The first-order chi connectivity index (χ1) is 11.6. The quantitative estimate of drug-likeness (QED) is 0.648. The Morgan fingerprint density at radius 2 is 2.08 bits per heavy atom. The highest BCUT2D eigenvalue weighted by Gasteiger charge is 2.14. The normalized spacial score (nSPS) is 10.8. The number of benzene rings is 1. The van der Waals surface area contributed by atoms with Gasteiger partial charge in [0, 0.05) is 34.1 Å². The molecule has 3 rings (SSSR count). The molecule has 3 aromatic rings. The fraction of sp³-hybridized carbons (Fsp3) is 0.125. The summed E-state index contributed by atoms with van der Waals surface area (Å²) in [6.45, 7) is 0.336. The first-order valence-corrected chi connectivity index (χ1v) is 9.48. The Hall–Kier alpha value is -1.44. The summed E-state index contributed by atoms with van der Waals surface area (Å²) in [5.41, 5.74) is 7.39. The Bertz CT molecular complexity index is 876. The number of nitrogens with one attached hydrogen (secondary N) is 1. The van der Waals surface area contributed by atoms with Crippen LogP contribution in [0.15, 0.2) is 35.8 Å². The van der Waals surface area contributed by atoms with Crippen molar-refractivity contribution in [2.24, 2.45) is 5.73 Å². The second-order valence-corrected chi connectivity index (χ2v) is 7.85. The number of aromatic nitrogens is 1. The summed E-state index contributed by atoms with van der Waals surface area (Å²) < 4.78 is 0. The predicted molar refractivity (Wildman–Crippen MR) is 102 cm³/mol. The van der Waals surface area contributed by atoms with Crippen molar-refractivity contribution < 1.29 is 4.79 Å². The van der Waals surface area contributed by atoms with E-state index in [1.54, 1.807) is 18.3 Å². The number of halogens is 2. The second-order valence-electron chi connectivity index (χ2n) is 4.98. The van der Waals surface area contributed by atoms with Crippen molar-refractivity contribution in [3.63, 3.8) is 0 Å². The summed E-state index contributed by atoms with van der Waals surface area (Å²) in [5.74, 6) is -0.188. The Kier molecular flexibility index (Phi) is 5.53. The molecule has 24 heavy (non-hydrogen) atoms. The van der Waals surface area contributed by atoms with Gasteiger partial charge in [-0.25, -0.2) is 4.98 Å². The van der Waals surface area contributed by atoms with Crippen LogP contribution in [-0.2, 0) is 13.0 Å². The molecule has 0 saturated heterocycles. The lowest BCUT2D eigenvalue weighted by molar-refractivity contribution is 0.102. The standard InChI is InChI=1S/C16H13Cl2N3OS2/c17-11-1-2-13(18)10(5-11)6-12-8-20-16(24-12)21-15(22)14-9(7-19)3-4-23-14/h1-5,8H,6-7,19H2,(H,20,21,22). The number of nitrogens with two attached hydrogens (primary N) is 1. The lowest BCUT2D eigenvalue weighted by Gasteiger charge is -2.03. The van der Waals surface area contributed by atoms with Crippen molar-refractivity contribution in [1.82, 2.24) is 4.98 Å². The van der Waals surface area contributed by atoms with Gasteiger partial charge in [0.05, 0.1) is 4.88 Å². The van der Waals surface area contributed by atoms with Crippen LogP contribution in [0.25, 0.3) is 0 Å². The van der Waals surface area contributed by atoms with Crippen LogP contribution in [0, 0.1) is 0 Å². The average Bonchev–Trinajstić information content (AvgIpc) is 3.20. The van der Waals surface area contributed by atoms with Crippen LogP contribution >= 0.6 is 45.9 Å². The molecule has 0 unspecified atom stereocenters. The fourth-order valence-corrected chi connectivity index (χ4v) is 4.20. The molecule has 2 heterocycles. The predicted octanol–water partition coefficient (Wildman–Crippen LogP) is 4.81. The molecule has 0 aliphatic rings. The Morgan fingerprint density at radius 3 is 2.88 bits per heavy atom. The molecular formula is C16H13Cl2N3OS2. The highest BCUT2D eigenvalue weighted by atomic mass is 35.5. The zero-order valence-electron chi connectivity index (χ0n) is 12.4. The molecule has 0 aliphatic heterocycles. The van der Waals surface area contributed by atoms with Crippen LogP contribution in [0.2, 0.25) is 10.0 Å². The lowest BCUT2D eigenvalue weighted by atomic mass is 10.1. The van der Waals surface area contributed by atoms with Crippen molar-refractivity contribution in [3.8, 4) is 0 Å². The summed E-state index contributed by atoms with van der Waals surface area (Å²) in [7, 11) is 0. The Morgan fingerprint density at radius 1 is 1.25 bits per heavy atom. The zero-order valence-corrected chi connectivity index (χ0v) is 15.5. The molecule has 2 aromatic heterocycles. The number of hydrogen-bond acceptors (Lipinski definition) is 5. The second kappa shape index (κ2) is 7.63. The molecular weight excluding hydrogens is 385 g/mol. The van der Waals surface area contributed by atoms with Gasteiger partial charge in [0.1, 0.15) is 0 Å². The first kappa shape index (κ1) is 17.4. The maximum absolute atomic E-state index is 12.3. The van der Waals surface area contributed by atoms with Crippen LogP contribution in [-0.4, -0.2) is 10.9 Å². The van der Waals surface area contributed by atoms with Crippen LogP contribution in [0.5, 0.6) is 0 Å². The molecule has 4 nitrogen and oxygen atoms in total. The number of hydrogen-bond donors (Lipinski definition) is 2. The summed E-state index contributed by atoms with van der Waals surface area (Å²) in [5, 5.41) is 6.51. The van der Waals surface area contributed by atoms with Crippen LogP contribution in [0.3, 0.4) is 0 Å². The van der Waals surface area contributed by atoms with Gasteiger partial charge in [0.25, 0.3) is 5.91 Å². The van der Waals surface area contributed by atoms with Gasteiger partial charge in [0.15, 0.2) is 5.13 Å². The summed E-state index contributed by atoms with van der Waals surface area (Å²) >= 11 is 15.0. The maximum Gasteiger partial charge on any atom is 0.267 e. The molecule has 1 amide bonds. The Balaban J connectivity index is 1.72. The summed E-state index contributed by atoms with van der Waals surface area (Å²) in [4.78, 5) is 18.2. The third kappa shape index (κ3) is 3.96. The molecule has 8 heteroatoms. The highest BCUT2D eigenvalue weighted by molar-refractivity contribution is 7.16. The number of thiophene rings is 1. The van der Waals surface area contributed by atoms with Gasteiger partial charge in [-0.15, -0.1) is 22.7 Å². The van der Waals surface area contributed by atoms with Crippen LogP contribution in [0.1, 0.15) is 25.7 Å². The number of nitrogens with zero attached hydrogens (tertiary/aromatic N) is 1. The molecule has 0 bridgehead atoms. The SMILES string of the molecule is NCc1ccsc1C(=O)Nc1ncc(Cc2cc(Cl)ccc2Cl)s1. The summed E-state index contributed by atoms with van der Waals surface area (Å²) in [6.07, 6.45) is 2.34. The molecule has 0 aliphatic carbocycles. The molecule has 0 fully saturated rings. The topological polar surface area (TPSA) is 68.0 Å². The van der Waals surface area contributed by atoms with Crippen molar-refractivity contribution in [3.05, 3.63) is 66.8 Å². The monoisotopic (exact) mass is 397 g/mol. The molecule has 0 radical (unpaired) electrons. The lowest BCUT2D eigenvalue weighted by Crippen LogP contribution is -2.13. The van der Waals surface area contributed by atoms with Crippen LogP contribution < -0.4 is 11.1 Å². The molecule has 0 spiro atoms. The molecule has 0 atom stereocenters. The van der Waals surface area contributed by atoms with E-state index >= 15 is 0 Å².